The molecule has 24 heavy (non-hydrogen) atoms. The summed E-state index contributed by atoms with van der Waals surface area (Å²) in [6.45, 7) is 2.77. The van der Waals surface area contributed by atoms with Gasteiger partial charge in [0.1, 0.15) is 5.75 Å². The van der Waals surface area contributed by atoms with Crippen molar-refractivity contribution >= 4 is 33.1 Å². The second-order valence-corrected chi connectivity index (χ2v) is 6.68. The Kier molecular flexibility index (Phi) is 3.82. The number of nitrogens with zero attached hydrogens (tertiary/aromatic N) is 3. The molecule has 3 aromatic rings. The molecule has 2 aromatic carbocycles. The van der Waals surface area contributed by atoms with Gasteiger partial charge in [0.25, 0.3) is 5.91 Å². The molecule has 0 atom stereocenters. The lowest BCUT2D eigenvalue weighted by molar-refractivity contribution is 0.0744. The van der Waals surface area contributed by atoms with E-state index in [2.05, 4.69) is 9.88 Å². The minimum absolute atomic E-state index is 0.0426. The molecule has 0 aliphatic carbocycles. The van der Waals surface area contributed by atoms with Crippen LogP contribution >= 0.6 is 11.3 Å². The molecule has 0 radical (unpaired) electrons. The van der Waals surface area contributed by atoms with Crippen LogP contribution in [0.15, 0.2) is 48.0 Å². The molecule has 4 rings (SSSR count). The van der Waals surface area contributed by atoms with Crippen LogP contribution < -0.4 is 4.90 Å². The van der Waals surface area contributed by atoms with Gasteiger partial charge in [0.15, 0.2) is 5.13 Å². The van der Waals surface area contributed by atoms with Gasteiger partial charge in [-0.05, 0) is 22.9 Å². The van der Waals surface area contributed by atoms with Gasteiger partial charge in [0.2, 0.25) is 0 Å². The molecule has 1 N–H and O–H groups in total. The van der Waals surface area contributed by atoms with E-state index in [4.69, 9.17) is 0 Å². The van der Waals surface area contributed by atoms with Crippen molar-refractivity contribution in [2.75, 3.05) is 31.1 Å². The van der Waals surface area contributed by atoms with E-state index in [1.165, 1.54) is 0 Å². The summed E-state index contributed by atoms with van der Waals surface area (Å²) in [4.78, 5) is 21.1. The molecular formula is C18H17N3O2S. The molecular weight excluding hydrogens is 322 g/mol. The third-order valence-electron chi connectivity index (χ3n) is 4.35. The Morgan fingerprint density at radius 3 is 2.46 bits per heavy atom. The highest BCUT2D eigenvalue weighted by molar-refractivity contribution is 7.13. The van der Waals surface area contributed by atoms with E-state index in [1.807, 2.05) is 29.6 Å². The Labute approximate surface area is 143 Å². The van der Waals surface area contributed by atoms with E-state index in [-0.39, 0.29) is 11.7 Å². The Hall–Kier alpha value is -2.60. The van der Waals surface area contributed by atoms with Gasteiger partial charge in [-0.2, -0.15) is 0 Å². The molecule has 5 nitrogen and oxygen atoms in total. The summed E-state index contributed by atoms with van der Waals surface area (Å²) in [6, 6.07) is 11.2. The minimum Gasteiger partial charge on any atom is -0.507 e. The van der Waals surface area contributed by atoms with Crippen molar-refractivity contribution in [1.82, 2.24) is 9.88 Å². The van der Waals surface area contributed by atoms with Gasteiger partial charge < -0.3 is 14.9 Å². The molecule has 2 heterocycles. The number of carbonyl (C=O) groups is 1. The molecule has 0 spiro atoms. The summed E-state index contributed by atoms with van der Waals surface area (Å²) in [6.07, 6.45) is 1.80. The van der Waals surface area contributed by atoms with Crippen LogP contribution in [0, 0.1) is 0 Å². The summed E-state index contributed by atoms with van der Waals surface area (Å²) >= 11 is 1.61. The number of piperazine rings is 1. The minimum atomic E-state index is -0.114. The van der Waals surface area contributed by atoms with Gasteiger partial charge in [0, 0.05) is 37.8 Å². The van der Waals surface area contributed by atoms with Crippen LogP contribution in [0.5, 0.6) is 5.75 Å². The van der Waals surface area contributed by atoms with Crippen molar-refractivity contribution < 1.29 is 9.90 Å². The fourth-order valence-electron chi connectivity index (χ4n) is 3.04. The Balaban J connectivity index is 1.53. The van der Waals surface area contributed by atoms with Crippen molar-refractivity contribution in [3.8, 4) is 5.75 Å². The standard InChI is InChI=1S/C18H17N3O2S/c22-16-12-14-4-2-1-3-13(14)11-15(16)17(23)20-6-8-21(9-7-20)18-19-5-10-24-18/h1-5,10-12,22H,6-9H2. The molecule has 1 aliphatic heterocycles. The predicted molar refractivity (Wildman–Crippen MR) is 95.8 cm³/mol. The number of aromatic nitrogens is 1. The topological polar surface area (TPSA) is 56.7 Å². The maximum absolute atomic E-state index is 12.8. The highest BCUT2D eigenvalue weighted by Crippen LogP contribution is 2.27. The van der Waals surface area contributed by atoms with E-state index in [1.54, 1.807) is 34.6 Å². The SMILES string of the molecule is O=C(c1cc2ccccc2cc1O)N1CCN(c2nccs2)CC1. The number of hydrogen-bond acceptors (Lipinski definition) is 5. The number of fused-ring (bicyclic) bond motifs is 1. The summed E-state index contributed by atoms with van der Waals surface area (Å²) < 4.78 is 0. The quantitative estimate of drug-likeness (QED) is 0.780. The van der Waals surface area contributed by atoms with Crippen molar-refractivity contribution in [2.45, 2.75) is 0 Å². The Morgan fingerprint density at radius 2 is 1.79 bits per heavy atom. The molecule has 122 valence electrons. The van der Waals surface area contributed by atoms with Crippen LogP contribution in [0.4, 0.5) is 5.13 Å². The first kappa shape index (κ1) is 15.0. The fourth-order valence-corrected chi connectivity index (χ4v) is 3.74. The van der Waals surface area contributed by atoms with Gasteiger partial charge in [0.05, 0.1) is 5.56 Å². The van der Waals surface area contributed by atoms with Crippen LogP contribution in [-0.2, 0) is 0 Å². The zero-order chi connectivity index (χ0) is 16.5. The highest BCUT2D eigenvalue weighted by Gasteiger charge is 2.25. The number of thiazole rings is 1. The maximum Gasteiger partial charge on any atom is 0.257 e. The van der Waals surface area contributed by atoms with Gasteiger partial charge in [-0.1, -0.05) is 24.3 Å². The van der Waals surface area contributed by atoms with Crippen molar-refractivity contribution in [1.29, 1.82) is 0 Å². The van der Waals surface area contributed by atoms with Crippen LogP contribution in [0.25, 0.3) is 10.8 Å². The Bertz CT molecular complexity index is 871. The first-order valence-corrected chi connectivity index (χ1v) is 8.76. The Morgan fingerprint density at radius 1 is 1.08 bits per heavy atom. The number of benzene rings is 2. The van der Waals surface area contributed by atoms with E-state index >= 15 is 0 Å². The molecule has 0 bridgehead atoms. The second-order valence-electron chi connectivity index (χ2n) is 5.81. The molecule has 1 aromatic heterocycles. The number of carbonyl (C=O) groups excluding carboxylic acids is 1. The third kappa shape index (κ3) is 2.69. The predicted octanol–water partition coefficient (Wildman–Crippen LogP) is 2.96. The lowest BCUT2D eigenvalue weighted by atomic mass is 10.0. The molecule has 1 fully saturated rings. The average Bonchev–Trinajstić information content (AvgIpc) is 3.15. The van der Waals surface area contributed by atoms with E-state index in [0.717, 1.165) is 29.0 Å². The van der Waals surface area contributed by atoms with Gasteiger partial charge in [-0.15, -0.1) is 11.3 Å². The molecule has 0 unspecified atom stereocenters. The normalized spacial score (nSPS) is 15.0. The highest BCUT2D eigenvalue weighted by atomic mass is 32.1. The van der Waals surface area contributed by atoms with Crippen molar-refractivity contribution in [2.24, 2.45) is 0 Å². The number of phenols is 1. The van der Waals surface area contributed by atoms with Crippen molar-refractivity contribution in [3.63, 3.8) is 0 Å². The molecule has 1 saturated heterocycles. The van der Waals surface area contributed by atoms with Crippen molar-refractivity contribution in [3.05, 3.63) is 53.5 Å². The smallest absolute Gasteiger partial charge is 0.257 e. The molecule has 1 amide bonds. The summed E-state index contributed by atoms with van der Waals surface area (Å²) in [5.41, 5.74) is 0.372. The molecule has 0 saturated carbocycles. The third-order valence-corrected chi connectivity index (χ3v) is 5.18. The van der Waals surface area contributed by atoms with Gasteiger partial charge in [-0.25, -0.2) is 4.98 Å². The summed E-state index contributed by atoms with van der Waals surface area (Å²) in [5.74, 6) is -0.0712. The number of anilines is 1. The summed E-state index contributed by atoms with van der Waals surface area (Å²) in [5, 5.41) is 15.1. The second kappa shape index (κ2) is 6.13. The largest absolute Gasteiger partial charge is 0.507 e. The number of hydrogen-bond donors (Lipinski definition) is 1. The van der Waals surface area contributed by atoms with Crippen LogP contribution in [0.1, 0.15) is 10.4 Å². The monoisotopic (exact) mass is 339 g/mol. The molecule has 1 aliphatic rings. The van der Waals surface area contributed by atoms with Crippen LogP contribution in [0.3, 0.4) is 0 Å². The zero-order valence-corrected chi connectivity index (χ0v) is 13.9. The average molecular weight is 339 g/mol. The van der Waals surface area contributed by atoms with E-state index in [9.17, 15) is 9.90 Å². The van der Waals surface area contributed by atoms with E-state index in [0.29, 0.717) is 18.7 Å². The maximum atomic E-state index is 12.8. The number of phenolic OH excluding ortho intramolecular Hbond substituents is 1. The first-order chi connectivity index (χ1) is 11.7. The lowest BCUT2D eigenvalue weighted by Crippen LogP contribution is -2.48. The van der Waals surface area contributed by atoms with Crippen LogP contribution in [0.2, 0.25) is 0 Å². The van der Waals surface area contributed by atoms with Crippen LogP contribution in [-0.4, -0.2) is 47.1 Å². The zero-order valence-electron chi connectivity index (χ0n) is 13.1. The lowest BCUT2D eigenvalue weighted by Gasteiger charge is -2.34. The molecule has 6 heteroatoms. The van der Waals surface area contributed by atoms with Gasteiger partial charge >= 0.3 is 0 Å². The first-order valence-electron chi connectivity index (χ1n) is 7.88. The van der Waals surface area contributed by atoms with E-state index < -0.39 is 0 Å². The fraction of sp³-hybridized carbons (Fsp3) is 0.222. The summed E-state index contributed by atoms with van der Waals surface area (Å²) in [7, 11) is 0. The number of aromatic hydroxyl groups is 1. The number of amides is 1. The van der Waals surface area contributed by atoms with Gasteiger partial charge in [-0.3, -0.25) is 4.79 Å². The number of rotatable bonds is 2.